The van der Waals surface area contributed by atoms with Crippen molar-refractivity contribution < 1.29 is 13.2 Å². The number of alkyl halides is 3. The predicted octanol–water partition coefficient (Wildman–Crippen LogP) is 4.83. The van der Waals surface area contributed by atoms with Crippen LogP contribution in [0.1, 0.15) is 17.0 Å². The van der Waals surface area contributed by atoms with Crippen LogP contribution in [0.15, 0.2) is 78.9 Å². The Morgan fingerprint density at radius 1 is 0.800 bits per heavy atom. The van der Waals surface area contributed by atoms with Gasteiger partial charge < -0.3 is 0 Å². The number of para-hydroxylation sites is 1. The van der Waals surface area contributed by atoms with Gasteiger partial charge in [-0.2, -0.15) is 0 Å². The summed E-state index contributed by atoms with van der Waals surface area (Å²) in [5.74, 6) is 0. The minimum atomic E-state index is -4.38. The normalized spacial score (nSPS) is 11.6. The van der Waals surface area contributed by atoms with Crippen LogP contribution in [0.3, 0.4) is 0 Å². The fourth-order valence-electron chi connectivity index (χ4n) is 3.40. The second kappa shape index (κ2) is 8.13. The number of aromatic nitrogens is 2. The van der Waals surface area contributed by atoms with Crippen molar-refractivity contribution in [3.63, 3.8) is 0 Å². The fourth-order valence-corrected chi connectivity index (χ4v) is 5.35. The van der Waals surface area contributed by atoms with Gasteiger partial charge in [0.25, 0.3) is 0 Å². The molecular weight excluding hydrogens is 452 g/mol. The van der Waals surface area contributed by atoms with Gasteiger partial charge in [0.05, 0.1) is 0 Å². The first-order valence-corrected chi connectivity index (χ1v) is 11.1. The van der Waals surface area contributed by atoms with E-state index in [0.717, 1.165) is 27.6 Å². The molecule has 152 valence electrons. The van der Waals surface area contributed by atoms with Crippen molar-refractivity contribution in [3.05, 3.63) is 95.8 Å². The summed E-state index contributed by atoms with van der Waals surface area (Å²) in [6, 6.07) is 23.0. The molecule has 0 N–H and O–H groups in total. The Labute approximate surface area is 179 Å². The molecule has 0 unspecified atom stereocenters. The molecule has 0 aliphatic heterocycles. The molecule has 4 aromatic rings. The van der Waals surface area contributed by atoms with E-state index in [1.54, 1.807) is 18.2 Å². The third kappa shape index (κ3) is 4.06. The number of nitrogens with zero attached hydrogens (tertiary/aromatic N) is 2. The first kappa shape index (κ1) is 20.5. The Morgan fingerprint density at radius 2 is 1.43 bits per heavy atom. The van der Waals surface area contributed by atoms with Crippen LogP contribution in [-0.4, -0.2) is 24.7 Å². The van der Waals surface area contributed by atoms with E-state index in [9.17, 15) is 13.2 Å². The zero-order valence-corrected chi connectivity index (χ0v) is 18.2. The summed E-state index contributed by atoms with van der Waals surface area (Å²) in [5.41, 5.74) is 3.23. The van der Waals surface area contributed by atoms with Gasteiger partial charge in [-0.25, -0.2) is 0 Å². The summed E-state index contributed by atoms with van der Waals surface area (Å²) in [6.07, 6.45) is -4.38. The van der Waals surface area contributed by atoms with E-state index in [-0.39, 0.29) is 20.5 Å². The van der Waals surface area contributed by atoms with Gasteiger partial charge in [-0.15, -0.1) is 0 Å². The number of hydrogen-bond donors (Lipinski definition) is 0. The first-order valence-electron chi connectivity index (χ1n) is 9.41. The van der Waals surface area contributed by atoms with Crippen LogP contribution in [0.4, 0.5) is 13.2 Å². The molecule has 6 heteroatoms. The molecule has 2 nitrogen and oxygen atoms in total. The van der Waals surface area contributed by atoms with Crippen LogP contribution in [0.25, 0.3) is 16.8 Å². The van der Waals surface area contributed by atoms with Gasteiger partial charge in [-0.1, -0.05) is 0 Å². The van der Waals surface area contributed by atoms with Gasteiger partial charge >= 0.3 is 179 Å². The van der Waals surface area contributed by atoms with Crippen LogP contribution in [-0.2, 0) is 6.18 Å². The molecule has 0 fully saturated rings. The average Bonchev–Trinajstić information content (AvgIpc) is 3.03. The summed E-state index contributed by atoms with van der Waals surface area (Å²) < 4.78 is 44.2. The van der Waals surface area contributed by atoms with E-state index in [2.05, 4.69) is 12.0 Å². The van der Waals surface area contributed by atoms with Crippen LogP contribution < -0.4 is 8.92 Å². The Bertz CT molecular complexity index is 1160. The van der Waals surface area contributed by atoms with Crippen molar-refractivity contribution in [2.45, 2.75) is 20.0 Å². The predicted molar refractivity (Wildman–Crippen MR) is 115 cm³/mol. The number of benzene rings is 3. The molecule has 0 aliphatic carbocycles. The summed E-state index contributed by atoms with van der Waals surface area (Å²) in [4.78, 5) is 0. The standard InChI is InChI=1S/C24H19F3N2Se/c1-16-23(17(2)29(28-16)19-8-4-3-5-9-19)30-20-14-12-18(13-15-20)21-10-6-7-11-22(21)24(25,26)27/h3-15H,1-2H3. The Balaban J connectivity index is 1.63. The number of rotatable bonds is 4. The molecule has 0 atom stereocenters. The van der Waals surface area contributed by atoms with Crippen LogP contribution in [0.5, 0.6) is 0 Å². The van der Waals surface area contributed by atoms with Crippen molar-refractivity contribution in [2.24, 2.45) is 0 Å². The molecule has 0 spiro atoms. The SMILES string of the molecule is Cc1nn(-c2ccccc2)c(C)c1[Se]c1ccc(-c2ccccc2C(F)(F)F)cc1. The maximum atomic E-state index is 13.3. The third-order valence-corrected chi connectivity index (χ3v) is 7.58. The summed E-state index contributed by atoms with van der Waals surface area (Å²) in [6.45, 7) is 4.05. The summed E-state index contributed by atoms with van der Waals surface area (Å²) in [7, 11) is 0. The number of halogens is 3. The van der Waals surface area contributed by atoms with E-state index < -0.39 is 11.7 Å². The molecule has 0 radical (unpaired) electrons. The fraction of sp³-hybridized carbons (Fsp3) is 0.125. The minimum absolute atomic E-state index is 0.00325. The molecule has 30 heavy (non-hydrogen) atoms. The summed E-state index contributed by atoms with van der Waals surface area (Å²) in [5, 5.41) is 4.69. The van der Waals surface area contributed by atoms with Gasteiger partial charge in [0.1, 0.15) is 0 Å². The van der Waals surface area contributed by atoms with Crippen LogP contribution in [0, 0.1) is 13.8 Å². The number of aryl methyl sites for hydroxylation is 1. The molecule has 0 saturated carbocycles. The van der Waals surface area contributed by atoms with Gasteiger partial charge in [0.2, 0.25) is 0 Å². The quantitative estimate of drug-likeness (QED) is 0.390. The van der Waals surface area contributed by atoms with E-state index in [1.165, 1.54) is 16.6 Å². The molecule has 1 heterocycles. The van der Waals surface area contributed by atoms with E-state index in [0.29, 0.717) is 5.56 Å². The molecular formula is C24H19F3N2Se. The Morgan fingerprint density at radius 3 is 2.10 bits per heavy atom. The topological polar surface area (TPSA) is 17.8 Å². The third-order valence-electron chi connectivity index (χ3n) is 4.84. The van der Waals surface area contributed by atoms with Crippen molar-refractivity contribution in [2.75, 3.05) is 0 Å². The molecule has 0 aliphatic rings. The molecule has 4 rings (SSSR count). The first-order chi connectivity index (χ1) is 14.3. The monoisotopic (exact) mass is 472 g/mol. The number of hydrogen-bond acceptors (Lipinski definition) is 1. The average molecular weight is 471 g/mol. The molecule has 0 bridgehead atoms. The van der Waals surface area contributed by atoms with Crippen LogP contribution in [0.2, 0.25) is 0 Å². The second-order valence-electron chi connectivity index (χ2n) is 6.92. The van der Waals surface area contributed by atoms with Gasteiger partial charge in [-0.05, 0) is 0 Å². The molecule has 3 aromatic carbocycles. The zero-order valence-electron chi connectivity index (χ0n) is 16.4. The van der Waals surface area contributed by atoms with E-state index in [4.69, 9.17) is 0 Å². The van der Waals surface area contributed by atoms with Gasteiger partial charge in [0.15, 0.2) is 0 Å². The van der Waals surface area contributed by atoms with Gasteiger partial charge in [-0.3, -0.25) is 0 Å². The maximum absolute atomic E-state index is 13.3. The van der Waals surface area contributed by atoms with Crippen LogP contribution >= 0.6 is 0 Å². The van der Waals surface area contributed by atoms with Crippen molar-refractivity contribution in [1.82, 2.24) is 9.78 Å². The van der Waals surface area contributed by atoms with Crippen molar-refractivity contribution >= 4 is 23.9 Å². The summed E-state index contributed by atoms with van der Waals surface area (Å²) >= 11 is 0.00325. The van der Waals surface area contributed by atoms with Crippen molar-refractivity contribution in [1.29, 1.82) is 0 Å². The Hall–Kier alpha value is -2.82. The van der Waals surface area contributed by atoms with E-state index in [1.807, 2.05) is 54.1 Å². The van der Waals surface area contributed by atoms with E-state index >= 15 is 0 Å². The molecule has 1 aromatic heterocycles. The van der Waals surface area contributed by atoms with Crippen molar-refractivity contribution in [3.8, 4) is 16.8 Å². The molecule has 0 amide bonds. The molecule has 0 saturated heterocycles. The Kier molecular flexibility index (Phi) is 5.54. The second-order valence-corrected chi connectivity index (χ2v) is 9.19. The van der Waals surface area contributed by atoms with Gasteiger partial charge in [0, 0.05) is 0 Å². The zero-order chi connectivity index (χ0) is 21.3.